The predicted octanol–water partition coefficient (Wildman–Crippen LogP) is 0.969. The molecule has 0 bridgehead atoms. The van der Waals surface area contributed by atoms with Crippen LogP contribution in [0.5, 0.6) is 0 Å². The van der Waals surface area contributed by atoms with Gasteiger partial charge in [0, 0.05) is 0 Å². The van der Waals surface area contributed by atoms with Gasteiger partial charge in [0.1, 0.15) is 0 Å². The molecule has 2 heteroatoms. The van der Waals surface area contributed by atoms with Crippen molar-refractivity contribution in [1.29, 1.82) is 0 Å². The average molecular weight is 293 g/mol. The molecule has 1 spiro atoms. The molecule has 1 N–H and O–H groups in total. The summed E-state index contributed by atoms with van der Waals surface area (Å²) in [7, 11) is 0. The van der Waals surface area contributed by atoms with E-state index < -0.39 is 0 Å². The maximum absolute atomic E-state index is 3.62. The van der Waals surface area contributed by atoms with Gasteiger partial charge >= 0.3 is 66.3 Å². The van der Waals surface area contributed by atoms with Crippen molar-refractivity contribution in [3.63, 3.8) is 0 Å². The second-order valence-electron chi connectivity index (χ2n) is 3.18. The molecule has 0 aromatic carbocycles. The fourth-order valence-electron chi connectivity index (χ4n) is 1.53. The van der Waals surface area contributed by atoms with E-state index in [1.165, 1.54) is 32.1 Å². The molecule has 1 aliphatic heterocycles. The van der Waals surface area contributed by atoms with Crippen molar-refractivity contribution in [2.45, 2.75) is 37.6 Å². The summed E-state index contributed by atoms with van der Waals surface area (Å²) in [6, 6.07) is 0. The van der Waals surface area contributed by atoms with Crippen molar-refractivity contribution in [1.82, 2.24) is 5.32 Å². The molecule has 0 aromatic rings. The second kappa shape index (κ2) is 2.00. The third-order valence-electron chi connectivity index (χ3n) is 2.32. The van der Waals surface area contributed by atoms with E-state index in [0.29, 0.717) is 5.54 Å². The molecule has 0 atom stereocenters. The van der Waals surface area contributed by atoms with Crippen molar-refractivity contribution < 1.29 is 19.4 Å². The summed E-state index contributed by atoms with van der Waals surface area (Å²) in [6.45, 7) is 0. The minimum absolute atomic E-state index is 0.634. The first-order valence-electron chi connectivity index (χ1n) is 3.62. The zero-order valence-electron chi connectivity index (χ0n) is 5.44. The first-order chi connectivity index (χ1) is 4.31. The Morgan fingerprint density at radius 3 is 2.56 bits per heavy atom. The van der Waals surface area contributed by atoms with E-state index >= 15 is 0 Å². The van der Waals surface area contributed by atoms with E-state index in [-0.39, 0.29) is 0 Å². The molecule has 50 valence electrons. The monoisotopic (exact) mass is 293 g/mol. The van der Waals surface area contributed by atoms with Gasteiger partial charge in [0.2, 0.25) is 0 Å². The summed E-state index contributed by atoms with van der Waals surface area (Å²) in [4.78, 5) is 0. The predicted molar refractivity (Wildman–Crippen MR) is 34.0 cm³/mol. The van der Waals surface area contributed by atoms with Gasteiger partial charge < -0.3 is 0 Å². The Balaban J connectivity index is 2.04. The molecule has 2 rings (SSSR count). The SMILES string of the molecule is [W]=[C]1CCCC2(CC2)N1. The van der Waals surface area contributed by atoms with Crippen LogP contribution in [-0.2, 0) is 19.4 Å². The Morgan fingerprint density at radius 2 is 2.11 bits per heavy atom. The van der Waals surface area contributed by atoms with E-state index in [2.05, 4.69) is 5.32 Å². The molecular formula is C7H11NW. The molecule has 1 saturated carbocycles. The zero-order chi connectivity index (χ0) is 6.32. The molecule has 1 heterocycles. The molecule has 0 radical (unpaired) electrons. The van der Waals surface area contributed by atoms with E-state index in [1.54, 1.807) is 23.4 Å². The van der Waals surface area contributed by atoms with Gasteiger partial charge in [-0.1, -0.05) is 0 Å². The van der Waals surface area contributed by atoms with Gasteiger partial charge in [0.15, 0.2) is 0 Å². The van der Waals surface area contributed by atoms with Crippen molar-refractivity contribution in [3.8, 4) is 0 Å². The number of hydrogen-bond acceptors (Lipinski definition) is 1. The fraction of sp³-hybridized carbons (Fsp3) is 0.857. The molecule has 9 heavy (non-hydrogen) atoms. The number of nitrogens with one attached hydrogen (secondary N) is 1. The first-order valence-corrected chi connectivity index (χ1v) is 5.09. The maximum atomic E-state index is 3.62. The number of hydrogen-bond donors (Lipinski definition) is 1. The van der Waals surface area contributed by atoms with Crippen LogP contribution in [0.25, 0.3) is 0 Å². The molecule has 0 amide bonds. The summed E-state index contributed by atoms with van der Waals surface area (Å²) in [5, 5.41) is 3.62. The van der Waals surface area contributed by atoms with Crippen molar-refractivity contribution in [3.05, 3.63) is 0 Å². The van der Waals surface area contributed by atoms with E-state index in [0.717, 1.165) is 0 Å². The summed E-state index contributed by atoms with van der Waals surface area (Å²) in [5.41, 5.74) is 0.634. The molecule has 1 nitrogen and oxygen atoms in total. The van der Waals surface area contributed by atoms with Crippen LogP contribution < -0.4 is 5.32 Å². The van der Waals surface area contributed by atoms with Gasteiger partial charge in [-0.3, -0.25) is 0 Å². The van der Waals surface area contributed by atoms with Crippen molar-refractivity contribution >= 4 is 4.02 Å². The van der Waals surface area contributed by atoms with Gasteiger partial charge in [0.25, 0.3) is 0 Å². The van der Waals surface area contributed by atoms with Crippen LogP contribution in [0.15, 0.2) is 0 Å². The first kappa shape index (κ1) is 6.24. The topological polar surface area (TPSA) is 12.0 Å². The average Bonchev–Trinajstić information content (AvgIpc) is 2.49. The van der Waals surface area contributed by atoms with Gasteiger partial charge in [-0.05, 0) is 0 Å². The number of rotatable bonds is 0. The van der Waals surface area contributed by atoms with Crippen LogP contribution in [0.1, 0.15) is 32.1 Å². The normalized spacial score (nSPS) is 30.9. The van der Waals surface area contributed by atoms with Gasteiger partial charge in [-0.15, -0.1) is 0 Å². The van der Waals surface area contributed by atoms with E-state index in [1.807, 2.05) is 0 Å². The fourth-order valence-corrected chi connectivity index (χ4v) is 2.83. The molecule has 1 saturated heterocycles. The molecule has 2 aliphatic rings. The molecule has 1 aliphatic carbocycles. The van der Waals surface area contributed by atoms with E-state index in [9.17, 15) is 0 Å². The molecule has 2 fully saturated rings. The van der Waals surface area contributed by atoms with Gasteiger partial charge in [0.05, 0.1) is 0 Å². The zero-order valence-corrected chi connectivity index (χ0v) is 8.38. The van der Waals surface area contributed by atoms with Crippen LogP contribution in [-0.4, -0.2) is 9.56 Å². The van der Waals surface area contributed by atoms with Gasteiger partial charge in [-0.2, -0.15) is 0 Å². The Morgan fingerprint density at radius 1 is 1.33 bits per heavy atom. The summed E-state index contributed by atoms with van der Waals surface area (Å²) in [5.74, 6) is 0. The Labute approximate surface area is 66.6 Å². The Kier molecular flexibility index (Phi) is 1.39. The van der Waals surface area contributed by atoms with Crippen molar-refractivity contribution in [2.24, 2.45) is 0 Å². The Bertz CT molecular complexity index is 149. The Hall–Kier alpha value is 0.518. The summed E-state index contributed by atoms with van der Waals surface area (Å²) >= 11 is 1.65. The summed E-state index contributed by atoms with van der Waals surface area (Å²) < 4.78 is 1.60. The second-order valence-corrected chi connectivity index (χ2v) is 4.95. The van der Waals surface area contributed by atoms with Crippen LogP contribution in [0.2, 0.25) is 0 Å². The third-order valence-corrected chi connectivity index (χ3v) is 3.42. The van der Waals surface area contributed by atoms with Crippen molar-refractivity contribution in [2.75, 3.05) is 0 Å². The van der Waals surface area contributed by atoms with E-state index in [4.69, 9.17) is 0 Å². The summed E-state index contributed by atoms with van der Waals surface area (Å²) in [6.07, 6.45) is 7.08. The van der Waals surface area contributed by atoms with Crippen LogP contribution in [0, 0.1) is 0 Å². The molecule has 0 aromatic heterocycles. The van der Waals surface area contributed by atoms with Crippen LogP contribution >= 0.6 is 0 Å². The standard InChI is InChI=1S/C7H11N.W/c1-2-6-8-7(3-1)4-5-7;/h8H,1-5H2;. The van der Waals surface area contributed by atoms with Gasteiger partial charge in [-0.25, -0.2) is 0 Å². The molecule has 0 unspecified atom stereocenters. The molecular weight excluding hydrogens is 282 g/mol. The third kappa shape index (κ3) is 1.18. The van der Waals surface area contributed by atoms with Crippen LogP contribution in [0.3, 0.4) is 0 Å². The quantitative estimate of drug-likeness (QED) is 0.702. The van der Waals surface area contributed by atoms with Crippen LogP contribution in [0.4, 0.5) is 0 Å². The minimum atomic E-state index is 0.634. The number of piperidine rings is 1.